The predicted molar refractivity (Wildman–Crippen MR) is 58.4 cm³/mol. The van der Waals surface area contributed by atoms with Gasteiger partial charge in [0.05, 0.1) is 18.8 Å². The van der Waals surface area contributed by atoms with Gasteiger partial charge in [0, 0.05) is 6.20 Å². The molecule has 1 heterocycles. The summed E-state index contributed by atoms with van der Waals surface area (Å²) in [4.78, 5) is 0. The van der Waals surface area contributed by atoms with Gasteiger partial charge in [-0.1, -0.05) is 29.8 Å². The first kappa shape index (κ1) is 9.93. The van der Waals surface area contributed by atoms with Crippen LogP contribution in [0.5, 0.6) is 0 Å². The Morgan fingerprint density at radius 2 is 1.93 bits per heavy atom. The maximum atomic E-state index is 8.88. The van der Waals surface area contributed by atoms with Crippen LogP contribution in [0, 0.1) is 6.92 Å². The van der Waals surface area contributed by atoms with Gasteiger partial charge in [0.1, 0.15) is 0 Å². The van der Waals surface area contributed by atoms with Crippen LogP contribution in [-0.2, 0) is 13.2 Å². The summed E-state index contributed by atoms with van der Waals surface area (Å²) in [6.07, 6.45) is 1.88. The summed E-state index contributed by atoms with van der Waals surface area (Å²) in [6.45, 7) is 2.82. The zero-order valence-electron chi connectivity index (χ0n) is 8.72. The lowest BCUT2D eigenvalue weighted by atomic mass is 10.1. The van der Waals surface area contributed by atoms with E-state index in [1.807, 2.05) is 16.9 Å². The monoisotopic (exact) mass is 202 g/mol. The Hall–Kier alpha value is -1.61. The second-order valence-electron chi connectivity index (χ2n) is 3.65. The molecule has 3 heteroatoms. The molecular weight excluding hydrogens is 188 g/mol. The number of rotatable bonds is 3. The standard InChI is InChI=1S/C12H14N2O/c1-10-2-4-11(5-3-10)8-14-7-6-12(9-15)13-14/h2-7,15H,8-9H2,1H3. The molecule has 0 aliphatic rings. The van der Waals surface area contributed by atoms with Crippen LogP contribution in [0.15, 0.2) is 36.5 Å². The van der Waals surface area contributed by atoms with Crippen molar-refractivity contribution < 1.29 is 5.11 Å². The Morgan fingerprint density at radius 1 is 1.20 bits per heavy atom. The molecule has 2 rings (SSSR count). The van der Waals surface area contributed by atoms with Gasteiger partial charge in [0.15, 0.2) is 0 Å². The van der Waals surface area contributed by atoms with Gasteiger partial charge in [0.25, 0.3) is 0 Å². The van der Waals surface area contributed by atoms with E-state index >= 15 is 0 Å². The molecule has 0 saturated heterocycles. The van der Waals surface area contributed by atoms with Crippen LogP contribution < -0.4 is 0 Å². The average Bonchev–Trinajstić information content (AvgIpc) is 2.69. The van der Waals surface area contributed by atoms with Crippen molar-refractivity contribution in [2.24, 2.45) is 0 Å². The number of hydrogen-bond acceptors (Lipinski definition) is 2. The van der Waals surface area contributed by atoms with Crippen molar-refractivity contribution in [3.8, 4) is 0 Å². The summed E-state index contributed by atoms with van der Waals surface area (Å²) < 4.78 is 1.83. The lowest BCUT2D eigenvalue weighted by molar-refractivity contribution is 0.275. The van der Waals surface area contributed by atoms with Crippen LogP contribution in [0.25, 0.3) is 0 Å². The van der Waals surface area contributed by atoms with Crippen molar-refractivity contribution in [3.05, 3.63) is 53.3 Å². The summed E-state index contributed by atoms with van der Waals surface area (Å²) in [6, 6.07) is 10.2. The number of aromatic nitrogens is 2. The molecule has 15 heavy (non-hydrogen) atoms. The second-order valence-corrected chi connectivity index (χ2v) is 3.65. The number of benzene rings is 1. The number of hydrogen-bond donors (Lipinski definition) is 1. The molecule has 2 aromatic rings. The van der Waals surface area contributed by atoms with E-state index in [2.05, 4.69) is 36.3 Å². The molecule has 0 radical (unpaired) electrons. The van der Waals surface area contributed by atoms with Crippen molar-refractivity contribution in [3.63, 3.8) is 0 Å². The summed E-state index contributed by atoms with van der Waals surface area (Å²) in [5.41, 5.74) is 3.19. The highest BCUT2D eigenvalue weighted by atomic mass is 16.3. The van der Waals surface area contributed by atoms with Crippen molar-refractivity contribution in [2.75, 3.05) is 0 Å². The second kappa shape index (κ2) is 4.28. The minimum absolute atomic E-state index is 0.000891. The molecule has 1 N–H and O–H groups in total. The van der Waals surface area contributed by atoms with Gasteiger partial charge in [-0.05, 0) is 18.6 Å². The number of aliphatic hydroxyl groups is 1. The maximum absolute atomic E-state index is 8.88. The summed E-state index contributed by atoms with van der Waals surface area (Å²) >= 11 is 0. The molecule has 0 amide bonds. The Kier molecular flexibility index (Phi) is 2.83. The molecule has 1 aromatic carbocycles. The lowest BCUT2D eigenvalue weighted by Crippen LogP contribution is -2.01. The van der Waals surface area contributed by atoms with Crippen LogP contribution in [0.4, 0.5) is 0 Å². The normalized spacial score (nSPS) is 10.5. The van der Waals surface area contributed by atoms with Gasteiger partial charge >= 0.3 is 0 Å². The van der Waals surface area contributed by atoms with Gasteiger partial charge in [0.2, 0.25) is 0 Å². The fourth-order valence-electron chi connectivity index (χ4n) is 1.46. The smallest absolute Gasteiger partial charge is 0.0879 e. The SMILES string of the molecule is Cc1ccc(Cn2ccc(CO)n2)cc1. The first-order valence-electron chi connectivity index (χ1n) is 4.96. The minimum atomic E-state index is 0.000891. The first-order valence-corrected chi connectivity index (χ1v) is 4.96. The van der Waals surface area contributed by atoms with Gasteiger partial charge in [-0.15, -0.1) is 0 Å². The van der Waals surface area contributed by atoms with Crippen LogP contribution in [0.3, 0.4) is 0 Å². The Bertz CT molecular complexity index is 431. The maximum Gasteiger partial charge on any atom is 0.0879 e. The van der Waals surface area contributed by atoms with Crippen LogP contribution in [-0.4, -0.2) is 14.9 Å². The van der Waals surface area contributed by atoms with Crippen molar-refractivity contribution >= 4 is 0 Å². The van der Waals surface area contributed by atoms with Crippen molar-refractivity contribution in [2.45, 2.75) is 20.1 Å². The van der Waals surface area contributed by atoms with Gasteiger partial charge in [-0.3, -0.25) is 4.68 Å². The number of nitrogens with zero attached hydrogens (tertiary/aromatic N) is 2. The molecule has 0 bridgehead atoms. The molecule has 78 valence electrons. The highest BCUT2D eigenvalue weighted by molar-refractivity contribution is 5.21. The molecular formula is C12H14N2O. The molecule has 0 unspecified atom stereocenters. The van der Waals surface area contributed by atoms with E-state index in [0.29, 0.717) is 5.69 Å². The van der Waals surface area contributed by atoms with Crippen LogP contribution in [0.1, 0.15) is 16.8 Å². The molecule has 0 atom stereocenters. The first-order chi connectivity index (χ1) is 7.28. The Balaban J connectivity index is 2.11. The fraction of sp³-hybridized carbons (Fsp3) is 0.250. The molecule has 0 spiro atoms. The van der Waals surface area contributed by atoms with E-state index in [4.69, 9.17) is 5.11 Å². The topological polar surface area (TPSA) is 38.0 Å². The van der Waals surface area contributed by atoms with E-state index in [9.17, 15) is 0 Å². The third kappa shape index (κ3) is 2.44. The van der Waals surface area contributed by atoms with E-state index in [0.717, 1.165) is 6.54 Å². The molecule has 1 aromatic heterocycles. The third-order valence-corrected chi connectivity index (χ3v) is 2.32. The largest absolute Gasteiger partial charge is 0.390 e. The number of aryl methyl sites for hydroxylation is 1. The molecule has 3 nitrogen and oxygen atoms in total. The predicted octanol–water partition coefficient (Wildman–Crippen LogP) is 1.73. The van der Waals surface area contributed by atoms with Gasteiger partial charge < -0.3 is 5.11 Å². The molecule has 0 fully saturated rings. The molecule has 0 aliphatic heterocycles. The van der Waals surface area contributed by atoms with Crippen molar-refractivity contribution in [1.82, 2.24) is 9.78 Å². The minimum Gasteiger partial charge on any atom is -0.390 e. The third-order valence-electron chi connectivity index (χ3n) is 2.32. The van der Waals surface area contributed by atoms with E-state index < -0.39 is 0 Å². The zero-order valence-corrected chi connectivity index (χ0v) is 8.72. The Labute approximate surface area is 89.0 Å². The Morgan fingerprint density at radius 3 is 2.53 bits per heavy atom. The fourth-order valence-corrected chi connectivity index (χ4v) is 1.46. The quantitative estimate of drug-likeness (QED) is 0.823. The van der Waals surface area contributed by atoms with Gasteiger partial charge in [-0.25, -0.2) is 0 Å². The lowest BCUT2D eigenvalue weighted by Gasteiger charge is -2.02. The van der Waals surface area contributed by atoms with E-state index in [1.54, 1.807) is 0 Å². The highest BCUT2D eigenvalue weighted by Crippen LogP contribution is 2.05. The molecule has 0 saturated carbocycles. The zero-order chi connectivity index (χ0) is 10.7. The molecule has 0 aliphatic carbocycles. The van der Waals surface area contributed by atoms with E-state index in [-0.39, 0.29) is 6.61 Å². The number of aliphatic hydroxyl groups excluding tert-OH is 1. The summed E-state index contributed by atoms with van der Waals surface area (Å²) in [5.74, 6) is 0. The average molecular weight is 202 g/mol. The summed E-state index contributed by atoms with van der Waals surface area (Å²) in [5, 5.41) is 13.1. The highest BCUT2D eigenvalue weighted by Gasteiger charge is 1.98. The van der Waals surface area contributed by atoms with Gasteiger partial charge in [-0.2, -0.15) is 5.10 Å². The van der Waals surface area contributed by atoms with Crippen LogP contribution in [0.2, 0.25) is 0 Å². The summed E-state index contributed by atoms with van der Waals surface area (Å²) in [7, 11) is 0. The van der Waals surface area contributed by atoms with Crippen LogP contribution >= 0.6 is 0 Å². The van der Waals surface area contributed by atoms with Crippen molar-refractivity contribution in [1.29, 1.82) is 0 Å². The van der Waals surface area contributed by atoms with E-state index in [1.165, 1.54) is 11.1 Å².